The number of Topliss-reactive ketones (excluding diaryl/α,β-unsaturated/α-hetero) is 1. The summed E-state index contributed by atoms with van der Waals surface area (Å²) >= 11 is 0. The van der Waals surface area contributed by atoms with Crippen LogP contribution in [0, 0.1) is 0 Å². The monoisotopic (exact) mass is 172 g/mol. The zero-order valence-corrected chi connectivity index (χ0v) is 7.71. The lowest BCUT2D eigenvalue weighted by atomic mass is 10.2. The molecule has 1 saturated heterocycles. The van der Waals surface area contributed by atoms with Gasteiger partial charge in [0.05, 0.1) is 0 Å². The first-order chi connectivity index (χ1) is 5.70. The quantitative estimate of drug-likeness (QED) is 0.647. The molecule has 1 heterocycles. The van der Waals surface area contributed by atoms with E-state index >= 15 is 0 Å². The van der Waals surface area contributed by atoms with E-state index in [4.69, 9.17) is 9.47 Å². The normalized spacial score (nSPS) is 26.7. The summed E-state index contributed by atoms with van der Waals surface area (Å²) in [7, 11) is 0. The predicted molar refractivity (Wildman–Crippen MR) is 44.8 cm³/mol. The summed E-state index contributed by atoms with van der Waals surface area (Å²) in [6, 6.07) is 0. The van der Waals surface area contributed by atoms with Crippen LogP contribution in [0.15, 0.2) is 0 Å². The molecule has 1 aliphatic rings. The molecule has 1 fully saturated rings. The van der Waals surface area contributed by atoms with Gasteiger partial charge < -0.3 is 9.47 Å². The van der Waals surface area contributed by atoms with Gasteiger partial charge in [-0.1, -0.05) is 0 Å². The first kappa shape index (κ1) is 9.68. The molecule has 0 aromatic carbocycles. The summed E-state index contributed by atoms with van der Waals surface area (Å²) in [4.78, 5) is 10.8. The summed E-state index contributed by atoms with van der Waals surface area (Å²) in [5, 5.41) is 0. The number of rotatable bonds is 3. The van der Waals surface area contributed by atoms with Crippen LogP contribution in [0.25, 0.3) is 0 Å². The minimum absolute atomic E-state index is 0.0594. The van der Waals surface area contributed by atoms with Crippen molar-refractivity contribution in [3.63, 3.8) is 0 Å². The minimum atomic E-state index is -0.326. The maximum absolute atomic E-state index is 10.8. The molecule has 1 rings (SSSR count). The van der Waals surface area contributed by atoms with E-state index in [1.165, 1.54) is 6.92 Å². The van der Waals surface area contributed by atoms with Gasteiger partial charge in [-0.05, 0) is 33.1 Å². The van der Waals surface area contributed by atoms with E-state index in [1.807, 2.05) is 0 Å². The maximum atomic E-state index is 10.8. The lowest BCUT2D eigenvalue weighted by Crippen LogP contribution is -2.29. The highest BCUT2D eigenvalue weighted by atomic mass is 16.7. The van der Waals surface area contributed by atoms with Crippen LogP contribution in [0.5, 0.6) is 0 Å². The second-order valence-electron chi connectivity index (χ2n) is 3.19. The first-order valence-electron chi connectivity index (χ1n) is 4.47. The fraction of sp³-hybridized carbons (Fsp3) is 0.889. The van der Waals surface area contributed by atoms with Crippen molar-refractivity contribution >= 4 is 5.78 Å². The molecule has 2 unspecified atom stereocenters. The lowest BCUT2D eigenvalue weighted by molar-refractivity contribution is -0.187. The summed E-state index contributed by atoms with van der Waals surface area (Å²) < 4.78 is 10.7. The molecule has 0 aromatic heterocycles. The lowest BCUT2D eigenvalue weighted by Gasteiger charge is -2.24. The fourth-order valence-electron chi connectivity index (χ4n) is 1.14. The van der Waals surface area contributed by atoms with E-state index in [2.05, 4.69) is 0 Å². The van der Waals surface area contributed by atoms with E-state index in [-0.39, 0.29) is 18.2 Å². The van der Waals surface area contributed by atoms with Gasteiger partial charge in [-0.3, -0.25) is 4.79 Å². The second kappa shape index (κ2) is 4.58. The molecule has 70 valence electrons. The zero-order chi connectivity index (χ0) is 8.97. The third kappa shape index (κ3) is 2.91. The Morgan fingerprint density at radius 1 is 1.58 bits per heavy atom. The van der Waals surface area contributed by atoms with Crippen molar-refractivity contribution in [3.8, 4) is 0 Å². The number of hydrogen-bond acceptors (Lipinski definition) is 3. The van der Waals surface area contributed by atoms with E-state index in [1.54, 1.807) is 6.92 Å². The van der Waals surface area contributed by atoms with Crippen LogP contribution in [-0.4, -0.2) is 24.8 Å². The number of ether oxygens (including phenoxy) is 2. The summed E-state index contributed by atoms with van der Waals surface area (Å²) in [5.41, 5.74) is 0. The van der Waals surface area contributed by atoms with Gasteiger partial charge in [-0.2, -0.15) is 0 Å². The molecule has 0 radical (unpaired) electrons. The van der Waals surface area contributed by atoms with Gasteiger partial charge in [0.1, 0.15) is 6.10 Å². The molecule has 2 atom stereocenters. The molecular formula is C9H16O3. The third-order valence-electron chi connectivity index (χ3n) is 2.07. The Balaban J connectivity index is 2.24. The molecule has 0 bridgehead atoms. The Morgan fingerprint density at radius 3 is 2.83 bits per heavy atom. The Kier molecular flexibility index (Phi) is 3.69. The van der Waals surface area contributed by atoms with Crippen LogP contribution in [0.3, 0.4) is 0 Å². The highest BCUT2D eigenvalue weighted by molar-refractivity contribution is 5.79. The van der Waals surface area contributed by atoms with Crippen LogP contribution >= 0.6 is 0 Å². The second-order valence-corrected chi connectivity index (χ2v) is 3.19. The van der Waals surface area contributed by atoms with Crippen LogP contribution in [0.2, 0.25) is 0 Å². The summed E-state index contributed by atoms with van der Waals surface area (Å²) in [6.45, 7) is 4.06. The Hall–Kier alpha value is -0.410. The number of carbonyl (C=O) groups is 1. The van der Waals surface area contributed by atoms with Crippen molar-refractivity contribution < 1.29 is 14.3 Å². The first-order valence-corrected chi connectivity index (χ1v) is 4.47. The highest BCUT2D eigenvalue weighted by Gasteiger charge is 2.18. The molecule has 1 aliphatic heterocycles. The molecule has 0 amide bonds. The standard InChI is InChI=1S/C9H16O3/c1-7(10)8(2)12-9-5-3-4-6-11-9/h8-9H,3-6H2,1-2H3. The van der Waals surface area contributed by atoms with Crippen LogP contribution in [0.4, 0.5) is 0 Å². The van der Waals surface area contributed by atoms with Crippen molar-refractivity contribution in [3.05, 3.63) is 0 Å². The van der Waals surface area contributed by atoms with Gasteiger partial charge >= 0.3 is 0 Å². The molecule has 0 N–H and O–H groups in total. The average Bonchev–Trinajstić information content (AvgIpc) is 2.06. The summed E-state index contributed by atoms with van der Waals surface area (Å²) in [5.74, 6) is 0.0594. The maximum Gasteiger partial charge on any atom is 0.158 e. The Bertz CT molecular complexity index is 150. The van der Waals surface area contributed by atoms with Gasteiger partial charge in [0.2, 0.25) is 0 Å². The van der Waals surface area contributed by atoms with Gasteiger partial charge in [0, 0.05) is 6.61 Å². The van der Waals surface area contributed by atoms with Gasteiger partial charge in [0.15, 0.2) is 12.1 Å². The van der Waals surface area contributed by atoms with Crippen LogP contribution < -0.4 is 0 Å². The van der Waals surface area contributed by atoms with Crippen LogP contribution in [-0.2, 0) is 14.3 Å². The van der Waals surface area contributed by atoms with E-state index in [9.17, 15) is 4.79 Å². The smallest absolute Gasteiger partial charge is 0.158 e. The molecule has 0 aliphatic carbocycles. The molecule has 0 saturated carbocycles. The van der Waals surface area contributed by atoms with Crippen molar-refractivity contribution in [1.29, 1.82) is 0 Å². The van der Waals surface area contributed by atoms with Crippen molar-refractivity contribution in [2.75, 3.05) is 6.61 Å². The van der Waals surface area contributed by atoms with E-state index < -0.39 is 0 Å². The zero-order valence-electron chi connectivity index (χ0n) is 7.71. The largest absolute Gasteiger partial charge is 0.353 e. The van der Waals surface area contributed by atoms with E-state index in [0.717, 1.165) is 25.9 Å². The van der Waals surface area contributed by atoms with Crippen molar-refractivity contribution in [2.24, 2.45) is 0 Å². The summed E-state index contributed by atoms with van der Waals surface area (Å²) in [6.07, 6.45) is 2.67. The third-order valence-corrected chi connectivity index (χ3v) is 2.07. The fourth-order valence-corrected chi connectivity index (χ4v) is 1.14. The predicted octanol–water partition coefficient (Wildman–Crippen LogP) is 1.51. The molecule has 12 heavy (non-hydrogen) atoms. The Labute approximate surface area is 73.0 Å². The van der Waals surface area contributed by atoms with Crippen molar-refractivity contribution in [2.45, 2.75) is 45.5 Å². The van der Waals surface area contributed by atoms with E-state index in [0.29, 0.717) is 0 Å². The Morgan fingerprint density at radius 2 is 2.33 bits per heavy atom. The van der Waals surface area contributed by atoms with Crippen LogP contribution in [0.1, 0.15) is 33.1 Å². The molecule has 3 heteroatoms. The van der Waals surface area contributed by atoms with Gasteiger partial charge in [0.25, 0.3) is 0 Å². The SMILES string of the molecule is CC(=O)C(C)OC1CCCCO1. The van der Waals surface area contributed by atoms with Gasteiger partial charge in [-0.25, -0.2) is 0 Å². The highest BCUT2D eigenvalue weighted by Crippen LogP contribution is 2.15. The number of hydrogen-bond donors (Lipinski definition) is 0. The van der Waals surface area contributed by atoms with Gasteiger partial charge in [-0.15, -0.1) is 0 Å². The number of ketones is 1. The van der Waals surface area contributed by atoms with Crippen molar-refractivity contribution in [1.82, 2.24) is 0 Å². The number of carbonyl (C=O) groups excluding carboxylic acids is 1. The molecule has 3 nitrogen and oxygen atoms in total. The topological polar surface area (TPSA) is 35.5 Å². The minimum Gasteiger partial charge on any atom is -0.353 e. The average molecular weight is 172 g/mol. The molecular weight excluding hydrogens is 156 g/mol. The molecule has 0 spiro atoms. The molecule has 0 aromatic rings.